The minimum absolute atomic E-state index is 0.0852. The maximum absolute atomic E-state index is 12.6. The Morgan fingerprint density at radius 3 is 2.88 bits per heavy atom. The highest BCUT2D eigenvalue weighted by Crippen LogP contribution is 2.24. The molecule has 0 unspecified atom stereocenters. The van der Waals surface area contributed by atoms with E-state index in [1.807, 2.05) is 10.7 Å². The van der Waals surface area contributed by atoms with Crippen LogP contribution in [0.15, 0.2) is 28.8 Å². The highest BCUT2D eigenvalue weighted by molar-refractivity contribution is 7.88. The number of hydrogen-bond donors (Lipinski definition) is 1. The Morgan fingerprint density at radius 1 is 1.42 bits per heavy atom. The first kappa shape index (κ1) is 16.7. The monoisotopic (exact) mass is 352 g/mol. The topological polar surface area (TPSA) is 97.4 Å². The SMILES string of the molecule is Cc1ccc(C(=O)N2Cc3ccnn3[C@H](CCNS(C)(=O)=O)C2)o1. The lowest BCUT2D eigenvalue weighted by molar-refractivity contribution is 0.0631. The van der Waals surface area contributed by atoms with Crippen molar-refractivity contribution in [2.45, 2.75) is 25.9 Å². The quantitative estimate of drug-likeness (QED) is 0.863. The lowest BCUT2D eigenvalue weighted by Gasteiger charge is -2.33. The third-order valence-corrected chi connectivity index (χ3v) is 4.69. The van der Waals surface area contributed by atoms with Crippen molar-refractivity contribution in [3.05, 3.63) is 41.6 Å². The second-order valence-corrected chi connectivity index (χ2v) is 7.81. The molecule has 0 bridgehead atoms. The summed E-state index contributed by atoms with van der Waals surface area (Å²) >= 11 is 0. The number of aromatic nitrogens is 2. The van der Waals surface area contributed by atoms with Crippen LogP contribution in [0.4, 0.5) is 0 Å². The third-order valence-electron chi connectivity index (χ3n) is 3.96. The van der Waals surface area contributed by atoms with E-state index in [4.69, 9.17) is 4.42 Å². The van der Waals surface area contributed by atoms with Gasteiger partial charge in [0, 0.05) is 19.3 Å². The minimum atomic E-state index is -3.23. The Morgan fingerprint density at radius 2 is 2.21 bits per heavy atom. The molecule has 0 aromatic carbocycles. The summed E-state index contributed by atoms with van der Waals surface area (Å²) in [5.74, 6) is 0.833. The number of furan rings is 1. The molecule has 24 heavy (non-hydrogen) atoms. The van der Waals surface area contributed by atoms with E-state index in [1.54, 1.807) is 30.2 Å². The highest BCUT2D eigenvalue weighted by atomic mass is 32.2. The summed E-state index contributed by atoms with van der Waals surface area (Å²) < 4.78 is 32.2. The molecule has 1 aliphatic heterocycles. The summed E-state index contributed by atoms with van der Waals surface area (Å²) in [4.78, 5) is 14.3. The number of amides is 1. The molecule has 0 saturated carbocycles. The Labute approximate surface area is 140 Å². The predicted molar refractivity (Wildman–Crippen MR) is 86.9 cm³/mol. The van der Waals surface area contributed by atoms with Crippen molar-refractivity contribution in [3.8, 4) is 0 Å². The lowest BCUT2D eigenvalue weighted by atomic mass is 10.1. The Balaban J connectivity index is 1.74. The van der Waals surface area contributed by atoms with Crippen LogP contribution in [0.5, 0.6) is 0 Å². The second kappa shape index (κ2) is 6.40. The van der Waals surface area contributed by atoms with Crippen LogP contribution in [0, 0.1) is 6.92 Å². The number of nitrogens with zero attached hydrogens (tertiary/aromatic N) is 3. The van der Waals surface area contributed by atoms with E-state index in [0.29, 0.717) is 37.6 Å². The molecule has 2 aromatic heterocycles. The molecule has 1 aliphatic rings. The molecule has 0 aliphatic carbocycles. The first-order valence-electron chi connectivity index (χ1n) is 7.66. The number of nitrogens with one attached hydrogen (secondary N) is 1. The number of sulfonamides is 1. The number of carbonyl (C=O) groups excluding carboxylic acids is 1. The van der Waals surface area contributed by atoms with Crippen LogP contribution in [0.1, 0.15) is 34.5 Å². The second-order valence-electron chi connectivity index (χ2n) is 5.97. The summed E-state index contributed by atoms with van der Waals surface area (Å²) in [5, 5.41) is 4.30. The Bertz CT molecular complexity index is 839. The standard InChI is InChI=1S/C15H20N4O4S/c1-11-3-4-14(23-11)15(20)18-9-12-5-7-16-19(12)13(10-18)6-8-17-24(2,21)22/h3-5,7,13,17H,6,8-10H2,1-2H3/t13-/m1/s1. The van der Waals surface area contributed by atoms with Crippen molar-refractivity contribution in [2.75, 3.05) is 19.3 Å². The fraction of sp³-hybridized carbons (Fsp3) is 0.467. The molecule has 1 atom stereocenters. The van der Waals surface area contributed by atoms with Gasteiger partial charge in [-0.15, -0.1) is 0 Å². The summed E-state index contributed by atoms with van der Waals surface area (Å²) in [6, 6.07) is 5.21. The van der Waals surface area contributed by atoms with Crippen LogP contribution in [-0.4, -0.2) is 48.4 Å². The largest absolute Gasteiger partial charge is 0.456 e. The zero-order valence-corrected chi connectivity index (χ0v) is 14.4. The molecule has 0 fully saturated rings. The molecular weight excluding hydrogens is 332 g/mol. The van der Waals surface area contributed by atoms with E-state index in [0.717, 1.165) is 11.9 Å². The van der Waals surface area contributed by atoms with Gasteiger partial charge in [0.15, 0.2) is 5.76 Å². The zero-order valence-electron chi connectivity index (χ0n) is 13.6. The molecule has 0 radical (unpaired) electrons. The van der Waals surface area contributed by atoms with Gasteiger partial charge in [-0.05, 0) is 31.5 Å². The Kier molecular flexibility index (Phi) is 4.46. The summed E-state index contributed by atoms with van der Waals surface area (Å²) in [5.41, 5.74) is 0.919. The van der Waals surface area contributed by atoms with Crippen molar-refractivity contribution in [1.29, 1.82) is 0 Å². The van der Waals surface area contributed by atoms with Gasteiger partial charge < -0.3 is 9.32 Å². The first-order chi connectivity index (χ1) is 11.3. The molecule has 1 amide bonds. The normalized spacial score (nSPS) is 17.8. The van der Waals surface area contributed by atoms with Crippen molar-refractivity contribution in [3.63, 3.8) is 0 Å². The van der Waals surface area contributed by atoms with Gasteiger partial charge in [-0.25, -0.2) is 13.1 Å². The fourth-order valence-electron chi connectivity index (χ4n) is 2.87. The van der Waals surface area contributed by atoms with Crippen molar-refractivity contribution >= 4 is 15.9 Å². The van der Waals surface area contributed by atoms with Crippen molar-refractivity contribution in [1.82, 2.24) is 19.4 Å². The molecule has 0 spiro atoms. The smallest absolute Gasteiger partial charge is 0.289 e. The molecule has 3 rings (SSSR count). The zero-order chi connectivity index (χ0) is 17.3. The number of aryl methyl sites for hydroxylation is 1. The molecule has 1 N–H and O–H groups in total. The summed E-state index contributed by atoms with van der Waals surface area (Å²) in [7, 11) is -3.23. The molecule has 130 valence electrons. The molecule has 8 nitrogen and oxygen atoms in total. The third kappa shape index (κ3) is 3.68. The van der Waals surface area contributed by atoms with Crippen molar-refractivity contribution in [2.24, 2.45) is 0 Å². The van der Waals surface area contributed by atoms with Crippen LogP contribution in [0.25, 0.3) is 0 Å². The van der Waals surface area contributed by atoms with E-state index in [-0.39, 0.29) is 11.9 Å². The maximum Gasteiger partial charge on any atom is 0.289 e. The average molecular weight is 352 g/mol. The molecule has 3 heterocycles. The minimum Gasteiger partial charge on any atom is -0.456 e. The molecular formula is C15H20N4O4S. The number of fused-ring (bicyclic) bond motifs is 1. The van der Waals surface area contributed by atoms with Gasteiger partial charge in [0.25, 0.3) is 5.91 Å². The van der Waals surface area contributed by atoms with Crippen molar-refractivity contribution < 1.29 is 17.6 Å². The number of rotatable bonds is 5. The van der Waals surface area contributed by atoms with Gasteiger partial charge in [0.05, 0.1) is 24.5 Å². The molecule has 9 heteroatoms. The van der Waals surface area contributed by atoms with Gasteiger partial charge in [0.2, 0.25) is 10.0 Å². The fourth-order valence-corrected chi connectivity index (χ4v) is 3.36. The van der Waals surface area contributed by atoms with E-state index >= 15 is 0 Å². The van der Waals surface area contributed by atoms with Gasteiger partial charge >= 0.3 is 0 Å². The van der Waals surface area contributed by atoms with Crippen LogP contribution < -0.4 is 4.72 Å². The Hall–Kier alpha value is -2.13. The average Bonchev–Trinajstić information content (AvgIpc) is 3.13. The van der Waals surface area contributed by atoms with Gasteiger partial charge in [-0.2, -0.15) is 5.10 Å². The first-order valence-corrected chi connectivity index (χ1v) is 9.55. The van der Waals surface area contributed by atoms with E-state index in [9.17, 15) is 13.2 Å². The predicted octanol–water partition coefficient (Wildman–Crippen LogP) is 0.921. The van der Waals surface area contributed by atoms with E-state index < -0.39 is 10.0 Å². The molecule has 2 aromatic rings. The number of carbonyl (C=O) groups is 1. The summed E-state index contributed by atoms with van der Waals surface area (Å²) in [6.07, 6.45) is 3.36. The van der Waals surface area contributed by atoms with E-state index in [1.165, 1.54) is 0 Å². The van der Waals surface area contributed by atoms with Crippen LogP contribution in [0.2, 0.25) is 0 Å². The van der Waals surface area contributed by atoms with E-state index in [2.05, 4.69) is 9.82 Å². The highest BCUT2D eigenvalue weighted by Gasteiger charge is 2.30. The van der Waals surface area contributed by atoms with Gasteiger partial charge in [-0.1, -0.05) is 0 Å². The van der Waals surface area contributed by atoms with Crippen LogP contribution in [-0.2, 0) is 16.6 Å². The van der Waals surface area contributed by atoms with Crippen LogP contribution in [0.3, 0.4) is 0 Å². The van der Waals surface area contributed by atoms with Crippen LogP contribution >= 0.6 is 0 Å². The molecule has 0 saturated heterocycles. The summed E-state index contributed by atoms with van der Waals surface area (Å²) in [6.45, 7) is 3.00. The lowest BCUT2D eigenvalue weighted by Crippen LogP contribution is -2.42. The van der Waals surface area contributed by atoms with Gasteiger partial charge in [0.1, 0.15) is 5.76 Å². The maximum atomic E-state index is 12.6. The van der Waals surface area contributed by atoms with Gasteiger partial charge in [-0.3, -0.25) is 9.48 Å². The number of hydrogen-bond acceptors (Lipinski definition) is 5.